The molecule has 2 aromatic rings. The summed E-state index contributed by atoms with van der Waals surface area (Å²) < 4.78 is 16.3. The van der Waals surface area contributed by atoms with Crippen molar-refractivity contribution in [3.63, 3.8) is 0 Å². The average Bonchev–Trinajstić information content (AvgIpc) is 3.78. The highest BCUT2D eigenvalue weighted by Crippen LogP contribution is 2.44. The van der Waals surface area contributed by atoms with Gasteiger partial charge in [0.1, 0.15) is 22.8 Å². The summed E-state index contributed by atoms with van der Waals surface area (Å²) in [5, 5.41) is 2.68. The van der Waals surface area contributed by atoms with E-state index in [1.165, 1.54) is 0 Å². The fraction of sp³-hybridized carbons (Fsp3) is 0.455. The smallest absolute Gasteiger partial charge is 0.349 e. The maximum atomic E-state index is 13.8. The summed E-state index contributed by atoms with van der Waals surface area (Å²) in [6.07, 6.45) is 1.05. The fourth-order valence-electron chi connectivity index (χ4n) is 7.79. The third-order valence-corrected chi connectivity index (χ3v) is 10.7. The van der Waals surface area contributed by atoms with E-state index in [1.807, 2.05) is 45.9 Å². The van der Waals surface area contributed by atoms with Gasteiger partial charge in [0, 0.05) is 40.7 Å². The van der Waals surface area contributed by atoms with Crippen LogP contribution in [0.15, 0.2) is 18.2 Å². The molecule has 0 aliphatic carbocycles. The van der Waals surface area contributed by atoms with E-state index in [0.29, 0.717) is 62.8 Å². The topological polar surface area (TPSA) is 199 Å². The number of cyclic esters (lactones) is 2. The van der Waals surface area contributed by atoms with E-state index in [2.05, 4.69) is 15.3 Å². The Kier molecular flexibility index (Phi) is 11.1. The van der Waals surface area contributed by atoms with Gasteiger partial charge in [-0.05, 0) is 116 Å². The van der Waals surface area contributed by atoms with Crippen LogP contribution in [-0.4, -0.2) is 73.3 Å². The van der Waals surface area contributed by atoms with E-state index >= 15 is 0 Å². The first kappa shape index (κ1) is 41.7. The quantitative estimate of drug-likeness (QED) is 0.0992. The van der Waals surface area contributed by atoms with Crippen molar-refractivity contribution in [3.8, 4) is 0 Å². The Morgan fingerprint density at radius 2 is 1.52 bits per heavy atom. The number of allylic oxidation sites excluding steroid dienone is 4. The van der Waals surface area contributed by atoms with Crippen molar-refractivity contribution in [2.45, 2.75) is 131 Å². The standard InChI is InChI=1S/C44H51N5O9/c1-12-24-20(2)28-16-32-26(19-50)22(4)27(46-32)15-29-21(3)25(13-14-34(51)47-33(40(53)58-44(9,10)11)18-35(52)57-43(6,7)8)38(48-29)37-39-36(41(54)56-42(37)55)23(5)30(49-39)17-31(24)45-28/h15-17,19,21,25,33,48-49H,12-14,18H2,1-11H3,(H,47,51)/t21-,25-,33-/m0/s1. The van der Waals surface area contributed by atoms with E-state index in [-0.39, 0.29) is 35.4 Å². The molecule has 306 valence electrons. The lowest BCUT2D eigenvalue weighted by Gasteiger charge is -2.26. The second kappa shape index (κ2) is 15.4. The van der Waals surface area contributed by atoms with Crippen LogP contribution in [0.4, 0.5) is 0 Å². The Balaban J connectivity index is 1.49. The number of H-pyrrole nitrogens is 2. The number of nitrogens with one attached hydrogen (secondary N) is 3. The molecule has 0 spiro atoms. The molecule has 6 rings (SSSR count). The number of nitrogens with zero attached hydrogens (tertiary/aromatic N) is 2. The number of carbonyl (C=O) groups excluding carboxylic acids is 6. The molecular weight excluding hydrogens is 743 g/mol. The highest BCUT2D eigenvalue weighted by Gasteiger charge is 2.39. The minimum atomic E-state index is -1.32. The number of aromatic nitrogens is 4. The van der Waals surface area contributed by atoms with Crippen LogP contribution in [0.2, 0.25) is 0 Å². The van der Waals surface area contributed by atoms with Crippen LogP contribution in [0.5, 0.6) is 0 Å². The SMILES string of the molecule is CCC1=C(C)c2cc3nc(cc4[nH]c(c5c6[nH]c(cc1n2)c(C)c6C(=O)OC5=O)[C@@H](CCC(=O)N[C@@H](CC(=O)OC(C)(C)C)C(=O)OC(C)(C)C)[C@@H]4C)C(C)=C3C=O. The second-order valence-electron chi connectivity index (χ2n) is 17.1. The van der Waals surface area contributed by atoms with Gasteiger partial charge in [-0.2, -0.15) is 0 Å². The molecular formula is C44H51N5O9. The van der Waals surface area contributed by atoms with Gasteiger partial charge < -0.3 is 29.5 Å². The van der Waals surface area contributed by atoms with Gasteiger partial charge in [-0.25, -0.2) is 24.4 Å². The number of amides is 1. The number of aldehydes is 1. The van der Waals surface area contributed by atoms with Crippen LogP contribution >= 0.6 is 0 Å². The van der Waals surface area contributed by atoms with Crippen LogP contribution < -0.4 is 5.32 Å². The van der Waals surface area contributed by atoms with Crippen molar-refractivity contribution in [3.05, 3.63) is 69.1 Å². The highest BCUT2D eigenvalue weighted by molar-refractivity contribution is 6.19. The zero-order chi connectivity index (χ0) is 42.6. The van der Waals surface area contributed by atoms with Crippen LogP contribution in [0, 0.1) is 6.92 Å². The maximum absolute atomic E-state index is 13.8. The van der Waals surface area contributed by atoms with Crippen molar-refractivity contribution in [1.82, 2.24) is 25.3 Å². The van der Waals surface area contributed by atoms with Gasteiger partial charge in [0.05, 0.1) is 40.3 Å². The van der Waals surface area contributed by atoms with Gasteiger partial charge >= 0.3 is 23.9 Å². The Bertz CT molecular complexity index is 2420. The van der Waals surface area contributed by atoms with Crippen molar-refractivity contribution in [2.24, 2.45) is 0 Å². The first-order chi connectivity index (χ1) is 27.1. The Hall–Kier alpha value is -5.92. The van der Waals surface area contributed by atoms with Crippen molar-refractivity contribution >= 4 is 69.4 Å². The molecule has 2 aromatic heterocycles. The Labute approximate surface area is 336 Å². The van der Waals surface area contributed by atoms with Crippen molar-refractivity contribution in [2.75, 3.05) is 0 Å². The molecule has 0 fully saturated rings. The predicted octanol–water partition coefficient (Wildman–Crippen LogP) is 7.35. The van der Waals surface area contributed by atoms with Gasteiger partial charge in [-0.1, -0.05) is 13.8 Å². The predicted molar refractivity (Wildman–Crippen MR) is 217 cm³/mol. The number of fused-ring (bicyclic) bond motifs is 8. The number of aryl methyl sites for hydroxylation is 1. The van der Waals surface area contributed by atoms with Gasteiger partial charge in [-0.15, -0.1) is 0 Å². The molecule has 1 amide bonds. The number of carbonyl (C=O) groups is 6. The summed E-state index contributed by atoms with van der Waals surface area (Å²) in [6, 6.07) is 4.16. The summed E-state index contributed by atoms with van der Waals surface area (Å²) in [5.41, 5.74) is 6.44. The first-order valence-corrected chi connectivity index (χ1v) is 19.5. The summed E-state index contributed by atoms with van der Waals surface area (Å²) in [6.45, 7) is 19.7. The summed E-state index contributed by atoms with van der Waals surface area (Å²) in [7, 11) is 0. The van der Waals surface area contributed by atoms with E-state index in [4.69, 9.17) is 24.2 Å². The van der Waals surface area contributed by atoms with Gasteiger partial charge in [0.15, 0.2) is 6.29 Å². The maximum Gasteiger partial charge on any atom is 0.349 e. The summed E-state index contributed by atoms with van der Waals surface area (Å²) in [4.78, 5) is 96.0. The normalized spacial score (nSPS) is 17.8. The zero-order valence-corrected chi connectivity index (χ0v) is 34.9. The molecule has 14 heteroatoms. The molecule has 0 saturated heterocycles. The molecule has 14 nitrogen and oxygen atoms in total. The zero-order valence-electron chi connectivity index (χ0n) is 34.9. The summed E-state index contributed by atoms with van der Waals surface area (Å²) >= 11 is 0. The molecule has 0 unspecified atom stereocenters. The lowest BCUT2D eigenvalue weighted by Crippen LogP contribution is -2.46. The molecule has 3 atom stereocenters. The average molecular weight is 794 g/mol. The third kappa shape index (κ3) is 8.23. The molecule has 58 heavy (non-hydrogen) atoms. The van der Waals surface area contributed by atoms with Crippen LogP contribution in [0.1, 0.15) is 167 Å². The minimum Gasteiger partial charge on any atom is -0.460 e. The van der Waals surface area contributed by atoms with Crippen molar-refractivity contribution in [1.29, 1.82) is 0 Å². The van der Waals surface area contributed by atoms with E-state index < -0.39 is 59.4 Å². The van der Waals surface area contributed by atoms with Gasteiger partial charge in [0.2, 0.25) is 5.91 Å². The number of hydrogen-bond donors (Lipinski definition) is 3. The Morgan fingerprint density at radius 3 is 2.16 bits per heavy atom. The second-order valence-corrected chi connectivity index (χ2v) is 17.1. The molecule has 3 N–H and O–H groups in total. The highest BCUT2D eigenvalue weighted by atomic mass is 16.6. The third-order valence-electron chi connectivity index (χ3n) is 10.7. The van der Waals surface area contributed by atoms with Crippen LogP contribution in [-0.2, 0) is 33.4 Å². The summed E-state index contributed by atoms with van der Waals surface area (Å²) in [5.74, 6) is -4.50. The number of ether oxygens (including phenoxy) is 3. The van der Waals surface area contributed by atoms with E-state index in [0.717, 1.165) is 17.4 Å². The number of esters is 4. The lowest BCUT2D eigenvalue weighted by molar-refractivity contribution is -0.165. The molecule has 4 aliphatic heterocycles. The molecule has 8 bridgehead atoms. The minimum absolute atomic E-state index is 0.111. The fourth-order valence-corrected chi connectivity index (χ4v) is 7.79. The number of aromatic amines is 2. The monoisotopic (exact) mass is 793 g/mol. The number of rotatable bonds is 9. The van der Waals surface area contributed by atoms with E-state index in [1.54, 1.807) is 48.5 Å². The van der Waals surface area contributed by atoms with Gasteiger partial charge in [-0.3, -0.25) is 14.4 Å². The molecule has 6 heterocycles. The molecule has 4 aliphatic rings. The van der Waals surface area contributed by atoms with Crippen molar-refractivity contribution < 1.29 is 43.0 Å². The molecule has 0 saturated carbocycles. The molecule has 0 aromatic carbocycles. The number of hydrogen-bond acceptors (Lipinski definition) is 11. The lowest BCUT2D eigenvalue weighted by atomic mass is 9.85. The van der Waals surface area contributed by atoms with E-state index in [9.17, 15) is 28.8 Å². The molecule has 0 radical (unpaired) electrons. The van der Waals surface area contributed by atoms with Crippen LogP contribution in [0.3, 0.4) is 0 Å². The van der Waals surface area contributed by atoms with Crippen LogP contribution in [0.25, 0.3) is 33.3 Å². The largest absolute Gasteiger partial charge is 0.460 e. The Morgan fingerprint density at radius 1 is 0.879 bits per heavy atom. The van der Waals surface area contributed by atoms with Gasteiger partial charge in [0.25, 0.3) is 0 Å². The first-order valence-electron chi connectivity index (χ1n) is 19.5.